The SMILES string of the molecule is COC(=C1C2CC3CC(C2)CC1C3)c1ccc(/C=C/C(=O)O)c(OCc2ccc([N+](=O)CCc3ccccc3)cc2)c1C. The van der Waals surface area contributed by atoms with Gasteiger partial charge < -0.3 is 14.6 Å². The van der Waals surface area contributed by atoms with Crippen molar-refractivity contribution < 1.29 is 24.1 Å². The van der Waals surface area contributed by atoms with E-state index in [0.717, 1.165) is 50.7 Å². The van der Waals surface area contributed by atoms with Crippen molar-refractivity contribution in [1.29, 1.82) is 0 Å². The first-order chi connectivity index (χ1) is 20.9. The molecular formula is C37H40NO5+. The molecule has 4 aliphatic rings. The normalized spacial score (nSPS) is 22.1. The molecule has 43 heavy (non-hydrogen) atoms. The van der Waals surface area contributed by atoms with E-state index in [2.05, 4.69) is 0 Å². The van der Waals surface area contributed by atoms with Gasteiger partial charge in [-0.3, -0.25) is 0 Å². The molecule has 0 heterocycles. The first-order valence-electron chi connectivity index (χ1n) is 15.4. The van der Waals surface area contributed by atoms with E-state index in [1.54, 1.807) is 13.2 Å². The number of benzene rings is 3. The van der Waals surface area contributed by atoms with E-state index >= 15 is 0 Å². The molecule has 0 amide bonds. The lowest BCUT2D eigenvalue weighted by Crippen LogP contribution is -2.41. The Balaban J connectivity index is 1.23. The molecule has 4 bridgehead atoms. The molecule has 4 fully saturated rings. The summed E-state index contributed by atoms with van der Waals surface area (Å²) in [5, 5.41) is 9.30. The van der Waals surface area contributed by atoms with Gasteiger partial charge >= 0.3 is 5.97 Å². The molecular weight excluding hydrogens is 538 g/mol. The number of rotatable bonds is 11. The van der Waals surface area contributed by atoms with Crippen molar-refractivity contribution in [2.24, 2.45) is 23.7 Å². The number of allylic oxidation sites excluding steroid dienone is 1. The molecule has 3 aromatic carbocycles. The molecule has 0 radical (unpaired) electrons. The third-order valence-electron chi connectivity index (χ3n) is 9.62. The highest BCUT2D eigenvalue weighted by molar-refractivity contribution is 5.86. The maximum Gasteiger partial charge on any atom is 0.328 e. The summed E-state index contributed by atoms with van der Waals surface area (Å²) in [6.07, 6.45) is 9.86. The van der Waals surface area contributed by atoms with E-state index in [1.807, 2.05) is 73.7 Å². The second kappa shape index (κ2) is 12.6. The predicted octanol–water partition coefficient (Wildman–Crippen LogP) is 8.14. The molecule has 0 aliphatic heterocycles. The second-order valence-corrected chi connectivity index (χ2v) is 12.4. The first kappa shape index (κ1) is 28.9. The molecule has 0 saturated heterocycles. The standard InChI is InChI=1S/C37H39NO5/c1-24-33(37(42-2)35-30-19-27-18-28(21-30)22-31(35)20-27)14-10-29(11-15-34(39)40)36(24)43-23-26-8-12-32(13-9-26)38(41)17-16-25-6-4-3-5-7-25/h3-15,27-28,30-31H,16-23H2,1-2H3/p+1/b15-11+,37-35?. The Hall–Kier alpha value is -4.19. The summed E-state index contributed by atoms with van der Waals surface area (Å²) >= 11 is 0. The summed E-state index contributed by atoms with van der Waals surface area (Å²) in [7, 11) is 1.77. The Kier molecular flexibility index (Phi) is 8.46. The van der Waals surface area contributed by atoms with E-state index in [1.165, 1.54) is 37.7 Å². The maximum atomic E-state index is 12.7. The highest BCUT2D eigenvalue weighted by atomic mass is 16.5. The topological polar surface area (TPSA) is 75.8 Å². The van der Waals surface area contributed by atoms with E-state index in [0.29, 0.717) is 41.8 Å². The van der Waals surface area contributed by atoms with Crippen molar-refractivity contribution in [3.8, 4) is 5.75 Å². The fraction of sp³-hybridized carbons (Fsp3) is 0.378. The zero-order valence-corrected chi connectivity index (χ0v) is 25.0. The maximum absolute atomic E-state index is 12.7. The molecule has 0 unspecified atom stereocenters. The lowest BCUT2D eigenvalue weighted by atomic mass is 9.54. The molecule has 0 spiro atoms. The quantitative estimate of drug-likeness (QED) is 0.141. The van der Waals surface area contributed by atoms with Gasteiger partial charge in [0.05, 0.1) is 7.11 Å². The van der Waals surface area contributed by atoms with Crippen LogP contribution in [0.4, 0.5) is 5.69 Å². The number of carboxylic acid groups (broad SMARTS) is 1. The summed E-state index contributed by atoms with van der Waals surface area (Å²) < 4.78 is 13.6. The van der Waals surface area contributed by atoms with E-state index < -0.39 is 5.97 Å². The van der Waals surface area contributed by atoms with Crippen molar-refractivity contribution in [3.63, 3.8) is 0 Å². The summed E-state index contributed by atoms with van der Waals surface area (Å²) in [6, 6.07) is 21.4. The monoisotopic (exact) mass is 578 g/mol. The molecule has 0 atom stereocenters. The van der Waals surface area contributed by atoms with Gasteiger partial charge in [-0.1, -0.05) is 42.5 Å². The number of ether oxygens (including phenoxy) is 2. The number of carboxylic acids is 1. The highest BCUT2D eigenvalue weighted by Gasteiger charge is 2.47. The van der Waals surface area contributed by atoms with Crippen LogP contribution >= 0.6 is 0 Å². The molecule has 6 heteroatoms. The predicted molar refractivity (Wildman–Crippen MR) is 168 cm³/mol. The number of methoxy groups -OCH3 is 1. The fourth-order valence-corrected chi connectivity index (χ4v) is 7.81. The highest BCUT2D eigenvalue weighted by Crippen LogP contribution is 2.58. The zero-order valence-electron chi connectivity index (χ0n) is 25.0. The number of aliphatic carboxylic acids is 1. The smallest absolute Gasteiger partial charge is 0.328 e. The minimum Gasteiger partial charge on any atom is -0.496 e. The average Bonchev–Trinajstić information content (AvgIpc) is 3.01. The van der Waals surface area contributed by atoms with Crippen LogP contribution < -0.4 is 4.74 Å². The van der Waals surface area contributed by atoms with Gasteiger partial charge in [0.15, 0.2) is 0 Å². The Morgan fingerprint density at radius 3 is 2.21 bits per heavy atom. The molecule has 222 valence electrons. The van der Waals surface area contributed by atoms with Gasteiger partial charge in [-0.05, 0) is 97.6 Å². The molecule has 6 nitrogen and oxygen atoms in total. The molecule has 1 N–H and O–H groups in total. The number of nitrogens with zero attached hydrogens (tertiary/aromatic N) is 1. The largest absolute Gasteiger partial charge is 0.496 e. The number of hydrogen-bond acceptors (Lipinski definition) is 4. The summed E-state index contributed by atoms with van der Waals surface area (Å²) in [4.78, 5) is 24.0. The van der Waals surface area contributed by atoms with Crippen LogP contribution in [0.3, 0.4) is 0 Å². The van der Waals surface area contributed by atoms with Crippen molar-refractivity contribution in [3.05, 3.63) is 111 Å². The van der Waals surface area contributed by atoms with Crippen molar-refractivity contribution in [1.82, 2.24) is 0 Å². The van der Waals surface area contributed by atoms with Gasteiger partial charge in [-0.25, -0.2) is 4.79 Å². The summed E-state index contributed by atoms with van der Waals surface area (Å²) in [5.74, 6) is 3.51. The van der Waals surface area contributed by atoms with Crippen LogP contribution in [0.5, 0.6) is 5.75 Å². The van der Waals surface area contributed by atoms with Crippen LogP contribution in [0.25, 0.3) is 11.8 Å². The minimum absolute atomic E-state index is 0.287. The van der Waals surface area contributed by atoms with Crippen molar-refractivity contribution in [2.45, 2.75) is 52.1 Å². The van der Waals surface area contributed by atoms with E-state index in [-0.39, 0.29) is 6.61 Å². The van der Waals surface area contributed by atoms with Gasteiger partial charge in [-0.15, -0.1) is 0 Å². The molecule has 4 saturated carbocycles. The van der Waals surface area contributed by atoms with Gasteiger partial charge in [-0.2, -0.15) is 0 Å². The number of carbonyl (C=O) groups is 1. The average molecular weight is 579 g/mol. The van der Waals surface area contributed by atoms with Crippen LogP contribution in [0.15, 0.2) is 78.4 Å². The summed E-state index contributed by atoms with van der Waals surface area (Å²) in [6.45, 7) is 2.70. The molecule has 0 aromatic heterocycles. The molecule has 4 aliphatic carbocycles. The second-order valence-electron chi connectivity index (χ2n) is 12.4. The van der Waals surface area contributed by atoms with Crippen LogP contribution in [-0.2, 0) is 22.6 Å². The van der Waals surface area contributed by atoms with Crippen molar-refractivity contribution in [2.75, 3.05) is 13.7 Å². The van der Waals surface area contributed by atoms with Gasteiger partial charge in [0.25, 0.3) is 5.69 Å². The molecule has 3 aromatic rings. The van der Waals surface area contributed by atoms with Crippen LogP contribution in [0.2, 0.25) is 0 Å². The third kappa shape index (κ3) is 6.29. The van der Waals surface area contributed by atoms with E-state index in [9.17, 15) is 14.8 Å². The Morgan fingerprint density at radius 1 is 0.907 bits per heavy atom. The first-order valence-corrected chi connectivity index (χ1v) is 15.4. The molecule has 7 rings (SSSR count). The Bertz CT molecular complexity index is 1520. The Labute approximate surface area is 253 Å². The third-order valence-corrected chi connectivity index (χ3v) is 9.62. The fourth-order valence-electron chi connectivity index (χ4n) is 7.81. The van der Waals surface area contributed by atoms with Gasteiger partial charge in [0.1, 0.15) is 18.1 Å². The minimum atomic E-state index is -1.01. The Morgan fingerprint density at radius 2 is 1.58 bits per heavy atom. The van der Waals surface area contributed by atoms with E-state index in [4.69, 9.17) is 9.47 Å². The van der Waals surface area contributed by atoms with Gasteiger partial charge in [0.2, 0.25) is 6.54 Å². The van der Waals surface area contributed by atoms with Crippen molar-refractivity contribution >= 4 is 23.5 Å². The number of nitroso groups, excluding NO2 is 1. The van der Waals surface area contributed by atoms with Crippen LogP contribution in [0, 0.1) is 35.5 Å². The number of hydrogen-bond donors (Lipinski definition) is 1. The zero-order chi connectivity index (χ0) is 29.9. The van der Waals surface area contributed by atoms with Crippen LogP contribution in [-0.4, -0.2) is 29.5 Å². The van der Waals surface area contributed by atoms with Crippen LogP contribution in [0.1, 0.15) is 59.9 Å². The summed E-state index contributed by atoms with van der Waals surface area (Å²) in [5.41, 5.74) is 6.80. The lowest BCUT2D eigenvalue weighted by Gasteiger charge is -2.51. The van der Waals surface area contributed by atoms with Gasteiger partial charge in [0, 0.05) is 51.0 Å². The lowest BCUT2D eigenvalue weighted by molar-refractivity contribution is -0.462.